The van der Waals surface area contributed by atoms with E-state index in [0.717, 1.165) is 25.7 Å². The molecule has 5 nitrogen and oxygen atoms in total. The zero-order valence-electron chi connectivity index (χ0n) is 13.9. The number of carbonyl (C=O) groups excluding carboxylic acids is 1. The van der Waals surface area contributed by atoms with Gasteiger partial charge in [0.1, 0.15) is 5.60 Å². The largest absolute Gasteiger partial charge is 0.444 e. The van der Waals surface area contributed by atoms with Crippen molar-refractivity contribution in [2.75, 3.05) is 26.4 Å². The lowest BCUT2D eigenvalue weighted by atomic mass is 9.79. The highest BCUT2D eigenvalue weighted by molar-refractivity contribution is 5.67. The zero-order chi connectivity index (χ0) is 15.9. The third-order valence-corrected chi connectivity index (χ3v) is 3.91. The number of nitrogens with one attached hydrogen (secondary N) is 1. The van der Waals surface area contributed by atoms with Gasteiger partial charge in [-0.15, -0.1) is 0 Å². The topological polar surface area (TPSA) is 67.8 Å². The van der Waals surface area contributed by atoms with Gasteiger partial charge in [-0.3, -0.25) is 0 Å². The Morgan fingerprint density at radius 1 is 1.33 bits per heavy atom. The van der Waals surface area contributed by atoms with Gasteiger partial charge in [-0.05, 0) is 59.3 Å². The average molecular weight is 301 g/mol. The first-order valence-corrected chi connectivity index (χ1v) is 7.98. The first-order valence-electron chi connectivity index (χ1n) is 7.98. The predicted molar refractivity (Wildman–Crippen MR) is 82.2 cm³/mol. The van der Waals surface area contributed by atoms with Crippen molar-refractivity contribution in [1.82, 2.24) is 5.32 Å². The summed E-state index contributed by atoms with van der Waals surface area (Å²) in [5.41, 5.74) is -0.728. The first kappa shape index (κ1) is 18.2. The van der Waals surface area contributed by atoms with Crippen LogP contribution in [0.2, 0.25) is 0 Å². The molecule has 0 saturated heterocycles. The van der Waals surface area contributed by atoms with E-state index in [2.05, 4.69) is 5.32 Å². The van der Waals surface area contributed by atoms with Crippen LogP contribution in [0, 0.1) is 11.3 Å². The highest BCUT2D eigenvalue weighted by Gasteiger charge is 2.44. The summed E-state index contributed by atoms with van der Waals surface area (Å²) in [6, 6.07) is 0. The summed E-state index contributed by atoms with van der Waals surface area (Å²) in [7, 11) is 0. The van der Waals surface area contributed by atoms with E-state index < -0.39 is 11.7 Å². The minimum atomic E-state index is -0.499. The number of hydrogen-bond donors (Lipinski definition) is 2. The molecule has 21 heavy (non-hydrogen) atoms. The molecule has 0 heterocycles. The molecule has 1 atom stereocenters. The summed E-state index contributed by atoms with van der Waals surface area (Å²) < 4.78 is 10.6. The Bertz CT molecular complexity index is 323. The lowest BCUT2D eigenvalue weighted by Crippen LogP contribution is -2.43. The molecule has 0 spiro atoms. The Kier molecular flexibility index (Phi) is 6.94. The number of ether oxygens (including phenoxy) is 2. The van der Waals surface area contributed by atoms with Gasteiger partial charge in [-0.1, -0.05) is 0 Å². The van der Waals surface area contributed by atoms with Crippen molar-refractivity contribution in [3.63, 3.8) is 0 Å². The van der Waals surface area contributed by atoms with E-state index in [9.17, 15) is 9.90 Å². The van der Waals surface area contributed by atoms with Crippen LogP contribution in [0.15, 0.2) is 0 Å². The third kappa shape index (κ3) is 6.66. The highest BCUT2D eigenvalue weighted by atomic mass is 16.6. The SMILES string of the molecule is CCOCCCC(CO)(CNC(=O)OC(C)(C)C)C1CC1. The van der Waals surface area contributed by atoms with Gasteiger partial charge in [-0.2, -0.15) is 0 Å². The molecule has 0 aromatic rings. The van der Waals surface area contributed by atoms with Gasteiger partial charge >= 0.3 is 6.09 Å². The maximum atomic E-state index is 11.8. The van der Waals surface area contributed by atoms with Crippen molar-refractivity contribution in [3.05, 3.63) is 0 Å². The van der Waals surface area contributed by atoms with Crippen molar-refractivity contribution < 1.29 is 19.4 Å². The molecule has 1 saturated carbocycles. The molecule has 1 aliphatic rings. The predicted octanol–water partition coefficient (Wildman–Crippen LogP) is 2.72. The van der Waals surface area contributed by atoms with Gasteiger partial charge in [0, 0.05) is 25.2 Å². The lowest BCUT2D eigenvalue weighted by Gasteiger charge is -2.33. The molecule has 1 rings (SSSR count). The van der Waals surface area contributed by atoms with Crippen LogP contribution in [0.25, 0.3) is 0 Å². The number of hydrogen-bond acceptors (Lipinski definition) is 4. The molecule has 1 unspecified atom stereocenters. The third-order valence-electron chi connectivity index (χ3n) is 3.91. The monoisotopic (exact) mass is 301 g/mol. The second kappa shape index (κ2) is 7.99. The second-order valence-corrected chi connectivity index (χ2v) is 6.95. The Hall–Kier alpha value is -0.810. The van der Waals surface area contributed by atoms with Crippen molar-refractivity contribution in [3.8, 4) is 0 Å². The summed E-state index contributed by atoms with van der Waals surface area (Å²) in [4.78, 5) is 11.8. The van der Waals surface area contributed by atoms with Gasteiger partial charge in [-0.25, -0.2) is 4.79 Å². The molecule has 1 aliphatic carbocycles. The molecule has 5 heteroatoms. The van der Waals surface area contributed by atoms with Crippen molar-refractivity contribution >= 4 is 6.09 Å². The maximum Gasteiger partial charge on any atom is 0.407 e. The standard InChI is InChI=1S/C16H31NO4/c1-5-20-10-6-9-16(12-18,13-7-8-13)11-17-14(19)21-15(2,3)4/h13,18H,5-12H2,1-4H3,(H,17,19). The summed E-state index contributed by atoms with van der Waals surface area (Å²) in [5.74, 6) is 0.499. The fourth-order valence-corrected chi connectivity index (χ4v) is 2.63. The summed E-state index contributed by atoms with van der Waals surface area (Å²) >= 11 is 0. The summed E-state index contributed by atoms with van der Waals surface area (Å²) in [5, 5.41) is 12.7. The van der Waals surface area contributed by atoms with E-state index in [1.165, 1.54) is 0 Å². The Balaban J connectivity index is 2.47. The molecule has 2 N–H and O–H groups in total. The number of amides is 1. The lowest BCUT2D eigenvalue weighted by molar-refractivity contribution is 0.0396. The van der Waals surface area contributed by atoms with Crippen LogP contribution in [-0.4, -0.2) is 43.2 Å². The minimum absolute atomic E-state index is 0.0968. The fraction of sp³-hybridized carbons (Fsp3) is 0.938. The minimum Gasteiger partial charge on any atom is -0.444 e. The highest BCUT2D eigenvalue weighted by Crippen LogP contribution is 2.47. The molecule has 0 aliphatic heterocycles. The number of rotatable bonds is 9. The van der Waals surface area contributed by atoms with E-state index in [0.29, 0.717) is 25.7 Å². The molecular weight excluding hydrogens is 270 g/mol. The van der Waals surface area contributed by atoms with Crippen LogP contribution in [0.3, 0.4) is 0 Å². The summed E-state index contributed by atoms with van der Waals surface area (Å²) in [6.45, 7) is 9.49. The van der Waals surface area contributed by atoms with E-state index in [1.807, 2.05) is 27.7 Å². The Labute approximate surface area is 128 Å². The number of carbonyl (C=O) groups is 1. The van der Waals surface area contributed by atoms with Gasteiger partial charge in [0.05, 0.1) is 6.61 Å². The van der Waals surface area contributed by atoms with Crippen LogP contribution in [0.1, 0.15) is 53.4 Å². The smallest absolute Gasteiger partial charge is 0.407 e. The maximum absolute atomic E-state index is 11.8. The Morgan fingerprint density at radius 2 is 2.00 bits per heavy atom. The average Bonchev–Trinajstić information content (AvgIpc) is 3.21. The molecule has 1 fully saturated rings. The van der Waals surface area contributed by atoms with Crippen molar-refractivity contribution in [1.29, 1.82) is 0 Å². The number of aliphatic hydroxyl groups is 1. The molecule has 1 amide bonds. The second-order valence-electron chi connectivity index (χ2n) is 6.95. The molecule has 0 bridgehead atoms. The molecule has 124 valence electrons. The van der Waals surface area contributed by atoms with Crippen LogP contribution < -0.4 is 5.32 Å². The van der Waals surface area contributed by atoms with E-state index in [4.69, 9.17) is 9.47 Å². The van der Waals surface area contributed by atoms with Gasteiger partial charge in [0.15, 0.2) is 0 Å². The summed E-state index contributed by atoms with van der Waals surface area (Å²) in [6.07, 6.45) is 3.62. The number of alkyl carbamates (subject to hydrolysis) is 1. The zero-order valence-corrected chi connectivity index (χ0v) is 13.9. The van der Waals surface area contributed by atoms with Gasteiger partial charge in [0.2, 0.25) is 0 Å². The van der Waals surface area contributed by atoms with Crippen LogP contribution >= 0.6 is 0 Å². The number of aliphatic hydroxyl groups excluding tert-OH is 1. The molecular formula is C16H31NO4. The van der Waals surface area contributed by atoms with Gasteiger partial charge < -0.3 is 19.9 Å². The first-order chi connectivity index (χ1) is 9.83. The normalized spacial score (nSPS) is 18.1. The van der Waals surface area contributed by atoms with Crippen LogP contribution in [0.4, 0.5) is 4.79 Å². The van der Waals surface area contributed by atoms with E-state index in [1.54, 1.807) is 0 Å². The van der Waals surface area contributed by atoms with Crippen molar-refractivity contribution in [2.24, 2.45) is 11.3 Å². The van der Waals surface area contributed by atoms with E-state index >= 15 is 0 Å². The van der Waals surface area contributed by atoms with Crippen LogP contribution in [0.5, 0.6) is 0 Å². The van der Waals surface area contributed by atoms with Crippen molar-refractivity contribution in [2.45, 2.75) is 59.0 Å². The Morgan fingerprint density at radius 3 is 2.48 bits per heavy atom. The molecule has 0 aromatic heterocycles. The van der Waals surface area contributed by atoms with Gasteiger partial charge in [0.25, 0.3) is 0 Å². The van der Waals surface area contributed by atoms with Crippen LogP contribution in [-0.2, 0) is 9.47 Å². The van der Waals surface area contributed by atoms with E-state index in [-0.39, 0.29) is 12.0 Å². The molecule has 0 radical (unpaired) electrons. The fourth-order valence-electron chi connectivity index (χ4n) is 2.63. The quantitative estimate of drug-likeness (QED) is 0.643. The molecule has 0 aromatic carbocycles.